The maximum absolute atomic E-state index is 13.0. The third kappa shape index (κ3) is 3.66. The molecule has 0 unspecified atom stereocenters. The molecule has 0 atom stereocenters. The fraction of sp³-hybridized carbons (Fsp3) is 0.238. The van der Waals surface area contributed by atoms with Crippen molar-refractivity contribution >= 4 is 40.4 Å². The van der Waals surface area contributed by atoms with E-state index in [0.29, 0.717) is 39.2 Å². The molecule has 0 fully saturated rings. The number of halogens is 2. The van der Waals surface area contributed by atoms with E-state index in [9.17, 15) is 4.79 Å². The Hall–Kier alpha value is -2.90. The molecule has 4 rings (SSSR count). The lowest BCUT2D eigenvalue weighted by Gasteiger charge is -2.08. The number of nitrogens with zero attached hydrogens (tertiary/aromatic N) is 5. The van der Waals surface area contributed by atoms with Gasteiger partial charge in [0.1, 0.15) is 5.56 Å². The zero-order valence-corrected chi connectivity index (χ0v) is 18.5. The molecule has 9 heteroatoms. The van der Waals surface area contributed by atoms with Crippen molar-refractivity contribution in [3.05, 3.63) is 74.4 Å². The van der Waals surface area contributed by atoms with Crippen LogP contribution in [0.1, 0.15) is 38.7 Å². The molecule has 0 radical (unpaired) electrons. The highest BCUT2D eigenvalue weighted by Gasteiger charge is 2.20. The summed E-state index contributed by atoms with van der Waals surface area (Å²) in [7, 11) is 0. The van der Waals surface area contributed by atoms with Gasteiger partial charge in [-0.05, 0) is 51.5 Å². The Labute approximate surface area is 183 Å². The number of carbonyl (C=O) groups excluding carboxylic acids is 1. The molecule has 0 saturated heterocycles. The van der Waals surface area contributed by atoms with E-state index in [1.54, 1.807) is 16.6 Å². The molecular weight excluding hydrogens is 423 g/mol. The molecule has 3 heterocycles. The van der Waals surface area contributed by atoms with Gasteiger partial charge in [0.2, 0.25) is 0 Å². The molecule has 0 aliphatic heterocycles. The molecule has 0 bridgehead atoms. The van der Waals surface area contributed by atoms with Crippen molar-refractivity contribution in [3.63, 3.8) is 0 Å². The van der Waals surface area contributed by atoms with Crippen molar-refractivity contribution in [2.24, 2.45) is 0 Å². The van der Waals surface area contributed by atoms with Crippen molar-refractivity contribution in [2.45, 2.75) is 34.2 Å². The molecule has 0 aliphatic carbocycles. The summed E-state index contributed by atoms with van der Waals surface area (Å²) >= 11 is 12.3. The molecule has 1 aromatic carbocycles. The van der Waals surface area contributed by atoms with Gasteiger partial charge in [0.05, 0.1) is 29.8 Å². The first-order valence-electron chi connectivity index (χ1n) is 9.36. The van der Waals surface area contributed by atoms with Gasteiger partial charge < -0.3 is 5.32 Å². The van der Waals surface area contributed by atoms with Gasteiger partial charge in [-0.2, -0.15) is 10.2 Å². The first-order chi connectivity index (χ1) is 14.2. The molecule has 30 heavy (non-hydrogen) atoms. The molecule has 1 amide bonds. The smallest absolute Gasteiger partial charge is 0.261 e. The van der Waals surface area contributed by atoms with Gasteiger partial charge in [0.25, 0.3) is 5.91 Å². The number of benzene rings is 1. The molecule has 3 aromatic heterocycles. The van der Waals surface area contributed by atoms with E-state index >= 15 is 0 Å². The van der Waals surface area contributed by atoms with Crippen molar-refractivity contribution in [1.82, 2.24) is 24.4 Å². The van der Waals surface area contributed by atoms with Crippen LogP contribution in [-0.4, -0.2) is 30.3 Å². The van der Waals surface area contributed by atoms with Crippen molar-refractivity contribution in [1.29, 1.82) is 0 Å². The van der Waals surface area contributed by atoms with Crippen LogP contribution in [-0.2, 0) is 6.54 Å². The maximum Gasteiger partial charge on any atom is 0.261 e. The highest BCUT2D eigenvalue weighted by Crippen LogP contribution is 2.25. The minimum atomic E-state index is -0.280. The van der Waals surface area contributed by atoms with E-state index in [2.05, 4.69) is 20.5 Å². The zero-order valence-electron chi connectivity index (χ0n) is 17.0. The standard InChI is InChI=1S/C21H20Cl2N6O/c1-11-7-12(2)29-20(25-11)17(9-24-29)21(30)26-19-13(3)27-28(14(19)4)10-15-5-6-16(22)8-18(15)23/h5-9H,10H2,1-4H3,(H,26,30). The summed E-state index contributed by atoms with van der Waals surface area (Å²) in [4.78, 5) is 17.5. The van der Waals surface area contributed by atoms with Crippen LogP contribution >= 0.6 is 23.2 Å². The summed E-state index contributed by atoms with van der Waals surface area (Å²) in [5.41, 5.74) is 5.77. The molecular formula is C21H20Cl2N6O. The molecule has 0 spiro atoms. The third-order valence-electron chi connectivity index (χ3n) is 4.98. The summed E-state index contributed by atoms with van der Waals surface area (Å²) in [6.07, 6.45) is 1.53. The van der Waals surface area contributed by atoms with E-state index in [1.807, 2.05) is 44.5 Å². The zero-order chi connectivity index (χ0) is 21.6. The fourth-order valence-electron chi connectivity index (χ4n) is 3.45. The lowest BCUT2D eigenvalue weighted by Crippen LogP contribution is -2.14. The Morgan fingerprint density at radius 2 is 1.90 bits per heavy atom. The van der Waals surface area contributed by atoms with E-state index in [4.69, 9.17) is 23.2 Å². The number of aromatic nitrogens is 5. The molecule has 4 aromatic rings. The Morgan fingerprint density at radius 3 is 2.63 bits per heavy atom. The summed E-state index contributed by atoms with van der Waals surface area (Å²) in [5, 5.41) is 13.0. The van der Waals surface area contributed by atoms with Gasteiger partial charge >= 0.3 is 0 Å². The molecule has 154 valence electrons. The van der Waals surface area contributed by atoms with Gasteiger partial charge in [-0.3, -0.25) is 9.48 Å². The van der Waals surface area contributed by atoms with Gasteiger partial charge in [-0.15, -0.1) is 0 Å². The van der Waals surface area contributed by atoms with Crippen LogP contribution in [0.2, 0.25) is 10.0 Å². The van der Waals surface area contributed by atoms with E-state index in [-0.39, 0.29) is 5.91 Å². The number of carbonyl (C=O) groups is 1. The summed E-state index contributed by atoms with van der Waals surface area (Å²) < 4.78 is 3.47. The number of fused-ring (bicyclic) bond motifs is 1. The van der Waals surface area contributed by atoms with Crippen LogP contribution in [0.25, 0.3) is 5.65 Å². The Kier molecular flexibility index (Phi) is 5.26. The molecule has 0 saturated carbocycles. The summed E-state index contributed by atoms with van der Waals surface area (Å²) in [6.45, 7) is 8.04. The van der Waals surface area contributed by atoms with Crippen LogP contribution in [0, 0.1) is 27.7 Å². The van der Waals surface area contributed by atoms with Crippen molar-refractivity contribution < 1.29 is 4.79 Å². The first-order valence-corrected chi connectivity index (χ1v) is 10.1. The van der Waals surface area contributed by atoms with Crippen LogP contribution in [0.5, 0.6) is 0 Å². The number of amides is 1. The summed E-state index contributed by atoms with van der Waals surface area (Å²) in [5.74, 6) is -0.280. The third-order valence-corrected chi connectivity index (χ3v) is 5.56. The number of rotatable bonds is 4. The maximum atomic E-state index is 13.0. The lowest BCUT2D eigenvalue weighted by molar-refractivity contribution is 0.102. The fourth-order valence-corrected chi connectivity index (χ4v) is 3.92. The summed E-state index contributed by atoms with van der Waals surface area (Å²) in [6, 6.07) is 7.28. The number of nitrogens with one attached hydrogen (secondary N) is 1. The van der Waals surface area contributed by atoms with E-state index in [0.717, 1.165) is 22.6 Å². The predicted octanol–water partition coefficient (Wildman–Crippen LogP) is 4.77. The number of hydrogen-bond acceptors (Lipinski definition) is 4. The molecule has 7 nitrogen and oxygen atoms in total. The number of anilines is 1. The first kappa shape index (κ1) is 20.4. The average molecular weight is 443 g/mol. The van der Waals surface area contributed by atoms with Crippen molar-refractivity contribution in [2.75, 3.05) is 5.32 Å². The second-order valence-electron chi connectivity index (χ2n) is 7.23. The van der Waals surface area contributed by atoms with Crippen molar-refractivity contribution in [3.8, 4) is 0 Å². The molecule has 1 N–H and O–H groups in total. The van der Waals surface area contributed by atoms with Gasteiger partial charge in [0.15, 0.2) is 5.65 Å². The number of hydrogen-bond donors (Lipinski definition) is 1. The minimum Gasteiger partial charge on any atom is -0.319 e. The predicted molar refractivity (Wildman–Crippen MR) is 118 cm³/mol. The second-order valence-corrected chi connectivity index (χ2v) is 8.07. The van der Waals surface area contributed by atoms with Crippen LogP contribution < -0.4 is 5.32 Å². The van der Waals surface area contributed by atoms with Crippen LogP contribution in [0.3, 0.4) is 0 Å². The topological polar surface area (TPSA) is 77.1 Å². The number of aryl methyl sites for hydroxylation is 3. The molecule has 0 aliphatic rings. The van der Waals surface area contributed by atoms with Crippen LogP contribution in [0.15, 0.2) is 30.5 Å². The Balaban J connectivity index is 1.63. The quantitative estimate of drug-likeness (QED) is 0.493. The Bertz CT molecular complexity index is 1290. The van der Waals surface area contributed by atoms with Gasteiger partial charge in [0, 0.05) is 21.4 Å². The van der Waals surface area contributed by atoms with Gasteiger partial charge in [-0.1, -0.05) is 29.3 Å². The highest BCUT2D eigenvalue weighted by molar-refractivity contribution is 6.35. The van der Waals surface area contributed by atoms with Crippen LogP contribution in [0.4, 0.5) is 5.69 Å². The van der Waals surface area contributed by atoms with Gasteiger partial charge in [-0.25, -0.2) is 9.50 Å². The highest BCUT2D eigenvalue weighted by atomic mass is 35.5. The lowest BCUT2D eigenvalue weighted by atomic mass is 10.2. The largest absolute Gasteiger partial charge is 0.319 e. The van der Waals surface area contributed by atoms with E-state index < -0.39 is 0 Å². The average Bonchev–Trinajstić information content (AvgIpc) is 3.20. The minimum absolute atomic E-state index is 0.280. The Morgan fingerprint density at radius 1 is 1.13 bits per heavy atom. The monoisotopic (exact) mass is 442 g/mol. The van der Waals surface area contributed by atoms with E-state index in [1.165, 1.54) is 6.20 Å². The normalized spacial score (nSPS) is 11.3. The SMILES string of the molecule is Cc1cc(C)n2ncc(C(=O)Nc3c(C)nn(Cc4ccc(Cl)cc4Cl)c3C)c2n1. The second kappa shape index (κ2) is 7.74.